The highest BCUT2D eigenvalue weighted by Gasteiger charge is 2.62. The fourth-order valence-electron chi connectivity index (χ4n) is 3.93. The van der Waals surface area contributed by atoms with E-state index in [1.807, 2.05) is 0 Å². The van der Waals surface area contributed by atoms with Crippen molar-refractivity contribution in [3.63, 3.8) is 0 Å². The third kappa shape index (κ3) is 3.59. The molecule has 0 saturated carbocycles. The highest BCUT2D eigenvalue weighted by molar-refractivity contribution is 6.08. The molecular formula is C24H20F3NO2. The maximum absolute atomic E-state index is 16.0. The minimum absolute atomic E-state index is 0.00549. The van der Waals surface area contributed by atoms with Gasteiger partial charge < -0.3 is 5.11 Å². The molecule has 30 heavy (non-hydrogen) atoms. The van der Waals surface area contributed by atoms with Crippen molar-refractivity contribution in [3.05, 3.63) is 102 Å². The first-order valence-corrected chi connectivity index (χ1v) is 9.67. The van der Waals surface area contributed by atoms with Crippen LogP contribution in [0.4, 0.5) is 18.9 Å². The van der Waals surface area contributed by atoms with E-state index in [2.05, 4.69) is 0 Å². The van der Waals surface area contributed by atoms with Crippen molar-refractivity contribution in [3.8, 4) is 0 Å². The van der Waals surface area contributed by atoms with E-state index in [9.17, 15) is 18.7 Å². The lowest BCUT2D eigenvalue weighted by Gasteiger charge is -2.51. The Bertz CT molecular complexity index is 1020. The minimum Gasteiger partial charge on any atom is -0.388 e. The van der Waals surface area contributed by atoms with Gasteiger partial charge >= 0.3 is 0 Å². The summed E-state index contributed by atoms with van der Waals surface area (Å²) in [6, 6.07) is 18.5. The van der Waals surface area contributed by atoms with Gasteiger partial charge in [0.15, 0.2) is 0 Å². The number of alkyl halides is 1. The molecule has 3 atom stereocenters. The number of hydrogen-bond acceptors (Lipinski definition) is 2. The molecule has 0 radical (unpaired) electrons. The number of hydrogen-bond donors (Lipinski definition) is 1. The number of carbonyl (C=O) groups is 1. The van der Waals surface area contributed by atoms with Crippen molar-refractivity contribution in [1.82, 2.24) is 0 Å². The van der Waals surface area contributed by atoms with Crippen LogP contribution in [-0.2, 0) is 4.79 Å². The van der Waals surface area contributed by atoms with E-state index in [-0.39, 0.29) is 12.8 Å². The number of aliphatic hydroxyl groups is 1. The first-order chi connectivity index (χ1) is 14.4. The molecule has 6 heteroatoms. The number of amides is 1. The molecule has 154 valence electrons. The maximum Gasteiger partial charge on any atom is 0.267 e. The Kier molecular flexibility index (Phi) is 5.35. The van der Waals surface area contributed by atoms with E-state index in [1.54, 1.807) is 30.3 Å². The second-order valence-corrected chi connectivity index (χ2v) is 7.43. The summed E-state index contributed by atoms with van der Waals surface area (Å²) in [7, 11) is 0. The van der Waals surface area contributed by atoms with Crippen molar-refractivity contribution in [2.75, 3.05) is 4.90 Å². The molecule has 3 nitrogen and oxygen atoms in total. The molecule has 3 aromatic rings. The van der Waals surface area contributed by atoms with Crippen LogP contribution >= 0.6 is 0 Å². The first-order valence-electron chi connectivity index (χ1n) is 9.67. The van der Waals surface area contributed by atoms with Gasteiger partial charge in [-0.25, -0.2) is 13.2 Å². The molecule has 0 aromatic heterocycles. The number of aliphatic hydroxyl groups excluding tert-OH is 1. The average Bonchev–Trinajstić information content (AvgIpc) is 2.77. The predicted octanol–water partition coefficient (Wildman–Crippen LogP) is 5.27. The molecule has 0 spiro atoms. The molecule has 1 aliphatic rings. The summed E-state index contributed by atoms with van der Waals surface area (Å²) >= 11 is 0. The molecule has 1 N–H and O–H groups in total. The quantitative estimate of drug-likeness (QED) is 0.561. The highest BCUT2D eigenvalue weighted by atomic mass is 19.1. The molecule has 0 bridgehead atoms. The van der Waals surface area contributed by atoms with E-state index in [0.29, 0.717) is 16.8 Å². The van der Waals surface area contributed by atoms with Gasteiger partial charge in [-0.15, -0.1) is 0 Å². The average molecular weight is 411 g/mol. The zero-order chi connectivity index (χ0) is 21.3. The number of β-lactam (4-membered cyclic amide) rings is 1. The van der Waals surface area contributed by atoms with Gasteiger partial charge in [-0.1, -0.05) is 42.5 Å². The van der Waals surface area contributed by atoms with Gasteiger partial charge in [0.2, 0.25) is 5.67 Å². The lowest BCUT2D eigenvalue weighted by atomic mass is 9.75. The molecule has 1 aliphatic heterocycles. The number of anilines is 1. The molecule has 1 saturated heterocycles. The van der Waals surface area contributed by atoms with E-state index in [0.717, 1.165) is 0 Å². The SMILES string of the molecule is O=C1N(c2ccc(F)cc2)[C@H](c2ccccc2)[C@@]1(F)CCC(O)c1ccc(F)cc1. The van der Waals surface area contributed by atoms with Gasteiger partial charge in [0.1, 0.15) is 17.7 Å². The van der Waals surface area contributed by atoms with Crippen molar-refractivity contribution < 1.29 is 23.1 Å². The normalized spacial score (nSPS) is 21.9. The summed E-state index contributed by atoms with van der Waals surface area (Å²) in [5.74, 6) is -1.60. The van der Waals surface area contributed by atoms with E-state index < -0.39 is 35.4 Å². The molecular weight excluding hydrogens is 391 g/mol. The van der Waals surface area contributed by atoms with Gasteiger partial charge in [-0.3, -0.25) is 9.69 Å². The minimum atomic E-state index is -2.21. The third-order valence-corrected chi connectivity index (χ3v) is 5.52. The molecule has 1 fully saturated rings. The second-order valence-electron chi connectivity index (χ2n) is 7.43. The number of benzene rings is 3. The number of halogens is 3. The van der Waals surface area contributed by atoms with Crippen LogP contribution in [0.25, 0.3) is 0 Å². The summed E-state index contributed by atoms with van der Waals surface area (Å²) in [5.41, 5.74) is -0.738. The Morgan fingerprint density at radius 2 is 1.47 bits per heavy atom. The van der Waals surface area contributed by atoms with Crippen LogP contribution in [0, 0.1) is 11.6 Å². The van der Waals surface area contributed by atoms with Crippen LogP contribution in [-0.4, -0.2) is 16.7 Å². The topological polar surface area (TPSA) is 40.5 Å². The molecule has 1 unspecified atom stereocenters. The van der Waals surface area contributed by atoms with Gasteiger partial charge in [0.05, 0.1) is 6.10 Å². The van der Waals surface area contributed by atoms with Crippen LogP contribution in [0.1, 0.15) is 36.1 Å². The predicted molar refractivity (Wildman–Crippen MR) is 108 cm³/mol. The Hall–Kier alpha value is -3.12. The standard InChI is InChI=1S/C24H20F3NO2/c25-18-8-6-16(7-9-18)21(29)14-15-24(27)22(17-4-2-1-3-5-17)28(23(24)30)20-12-10-19(26)11-13-20/h1-13,21-22,29H,14-15H2/t21?,22-,24+/m1/s1. The van der Waals surface area contributed by atoms with Crippen LogP contribution in [0.5, 0.6) is 0 Å². The molecule has 1 heterocycles. The van der Waals surface area contributed by atoms with Crippen molar-refractivity contribution in [1.29, 1.82) is 0 Å². The zero-order valence-electron chi connectivity index (χ0n) is 16.0. The molecule has 0 aliphatic carbocycles. The van der Waals surface area contributed by atoms with E-state index in [4.69, 9.17) is 0 Å². The maximum atomic E-state index is 16.0. The summed E-state index contributed by atoms with van der Waals surface area (Å²) in [6.07, 6.45) is -1.24. The Balaban J connectivity index is 1.59. The highest BCUT2D eigenvalue weighted by Crippen LogP contribution is 2.51. The number of rotatable bonds is 6. The van der Waals surface area contributed by atoms with Crippen LogP contribution in [0.15, 0.2) is 78.9 Å². The number of nitrogens with zero attached hydrogens (tertiary/aromatic N) is 1. The van der Waals surface area contributed by atoms with Gasteiger partial charge in [-0.05, 0) is 60.4 Å². The van der Waals surface area contributed by atoms with Crippen molar-refractivity contribution >= 4 is 11.6 Å². The molecule has 3 aromatic carbocycles. The molecule has 4 rings (SSSR count). The summed E-state index contributed by atoms with van der Waals surface area (Å²) in [6.45, 7) is 0. The first kappa shape index (κ1) is 20.2. The number of carbonyl (C=O) groups excluding carboxylic acids is 1. The monoisotopic (exact) mass is 411 g/mol. The Morgan fingerprint density at radius 1 is 0.900 bits per heavy atom. The van der Waals surface area contributed by atoms with E-state index in [1.165, 1.54) is 53.4 Å². The second kappa shape index (κ2) is 7.95. The Morgan fingerprint density at radius 3 is 2.07 bits per heavy atom. The lowest BCUT2D eigenvalue weighted by molar-refractivity contribution is -0.144. The fraction of sp³-hybridized carbons (Fsp3) is 0.208. The van der Waals surface area contributed by atoms with Gasteiger partial charge in [0.25, 0.3) is 5.91 Å². The van der Waals surface area contributed by atoms with Gasteiger partial charge in [-0.2, -0.15) is 0 Å². The summed E-state index contributed by atoms with van der Waals surface area (Å²) in [4.78, 5) is 14.2. The van der Waals surface area contributed by atoms with Crippen LogP contribution in [0.3, 0.4) is 0 Å². The fourth-order valence-corrected chi connectivity index (χ4v) is 3.93. The summed E-state index contributed by atoms with van der Waals surface area (Å²) < 4.78 is 42.4. The largest absolute Gasteiger partial charge is 0.388 e. The summed E-state index contributed by atoms with van der Waals surface area (Å²) in [5, 5.41) is 10.4. The smallest absolute Gasteiger partial charge is 0.267 e. The van der Waals surface area contributed by atoms with Crippen molar-refractivity contribution in [2.45, 2.75) is 30.7 Å². The Labute approximate surface area is 172 Å². The van der Waals surface area contributed by atoms with Crippen LogP contribution in [0.2, 0.25) is 0 Å². The third-order valence-electron chi connectivity index (χ3n) is 5.52. The van der Waals surface area contributed by atoms with Crippen molar-refractivity contribution in [2.24, 2.45) is 0 Å². The van der Waals surface area contributed by atoms with E-state index >= 15 is 4.39 Å². The van der Waals surface area contributed by atoms with Gasteiger partial charge in [0, 0.05) is 5.69 Å². The zero-order valence-corrected chi connectivity index (χ0v) is 16.0. The molecule has 1 amide bonds. The lowest BCUT2D eigenvalue weighted by Crippen LogP contribution is -2.66. The van der Waals surface area contributed by atoms with Crippen LogP contribution < -0.4 is 4.90 Å².